The maximum atomic E-state index is 12.5. The SMILES string of the molecule is CC(C)(C)OC(=O)N1CC[C@H](OC(CCc2c(C#N)ccc3occc23)c2ccccc2)C1. The number of hydrogen-bond donors (Lipinski definition) is 0. The van der Waals surface area contributed by atoms with Crippen molar-refractivity contribution in [1.82, 2.24) is 4.90 Å². The lowest BCUT2D eigenvalue weighted by molar-refractivity contribution is -0.0158. The number of furan rings is 1. The van der Waals surface area contributed by atoms with Crippen LogP contribution in [0, 0.1) is 11.3 Å². The average molecular weight is 447 g/mol. The number of hydrogen-bond acceptors (Lipinski definition) is 5. The molecular weight excluding hydrogens is 416 g/mol. The highest BCUT2D eigenvalue weighted by Crippen LogP contribution is 2.31. The normalized spacial score (nSPS) is 17.2. The fraction of sp³-hybridized carbons (Fsp3) is 0.407. The molecule has 6 nitrogen and oxygen atoms in total. The minimum atomic E-state index is -0.519. The van der Waals surface area contributed by atoms with Gasteiger partial charge in [0.15, 0.2) is 0 Å². The van der Waals surface area contributed by atoms with Crippen molar-refractivity contribution in [1.29, 1.82) is 5.26 Å². The molecule has 3 aromatic rings. The summed E-state index contributed by atoms with van der Waals surface area (Å²) in [5.41, 5.74) is 2.99. The molecule has 6 heteroatoms. The summed E-state index contributed by atoms with van der Waals surface area (Å²) in [5, 5.41) is 10.6. The fourth-order valence-electron chi connectivity index (χ4n) is 4.30. The molecule has 1 aromatic heterocycles. The van der Waals surface area contributed by atoms with E-state index in [0.29, 0.717) is 31.5 Å². The second kappa shape index (κ2) is 9.68. The summed E-state index contributed by atoms with van der Waals surface area (Å²) in [6.45, 7) is 6.75. The molecule has 33 heavy (non-hydrogen) atoms. The highest BCUT2D eigenvalue weighted by molar-refractivity contribution is 5.83. The van der Waals surface area contributed by atoms with Gasteiger partial charge in [-0.05, 0) is 69.4 Å². The zero-order valence-corrected chi connectivity index (χ0v) is 19.4. The third-order valence-corrected chi connectivity index (χ3v) is 5.85. The number of fused-ring (bicyclic) bond motifs is 1. The zero-order chi connectivity index (χ0) is 23.4. The van der Waals surface area contributed by atoms with Crippen LogP contribution in [-0.2, 0) is 15.9 Å². The molecule has 0 aliphatic carbocycles. The van der Waals surface area contributed by atoms with Gasteiger partial charge in [0.25, 0.3) is 0 Å². The highest BCUT2D eigenvalue weighted by atomic mass is 16.6. The number of rotatable bonds is 6. The standard InChI is InChI=1S/C27H30N2O4/c1-27(2,3)33-26(30)29-15-13-21(18-29)32-24(19-7-5-4-6-8-19)12-10-22-20(17-28)9-11-25-23(22)14-16-31-25/h4-9,11,14,16,21,24H,10,12-13,15,18H2,1-3H3/t21-,24?/m0/s1. The van der Waals surface area contributed by atoms with E-state index in [4.69, 9.17) is 13.9 Å². The molecule has 1 aliphatic heterocycles. The molecule has 1 fully saturated rings. The Balaban J connectivity index is 1.48. The van der Waals surface area contributed by atoms with Crippen LogP contribution in [0.4, 0.5) is 4.79 Å². The first-order valence-electron chi connectivity index (χ1n) is 11.4. The lowest BCUT2D eigenvalue weighted by Gasteiger charge is -2.25. The molecule has 0 spiro atoms. The lowest BCUT2D eigenvalue weighted by atomic mass is 9.95. The van der Waals surface area contributed by atoms with E-state index in [1.54, 1.807) is 11.2 Å². The van der Waals surface area contributed by atoms with Crippen molar-refractivity contribution in [2.24, 2.45) is 0 Å². The van der Waals surface area contributed by atoms with Crippen molar-refractivity contribution in [3.63, 3.8) is 0 Å². The summed E-state index contributed by atoms with van der Waals surface area (Å²) in [6, 6.07) is 18.0. The molecule has 0 saturated carbocycles. The van der Waals surface area contributed by atoms with Gasteiger partial charge in [0.2, 0.25) is 0 Å². The number of carbonyl (C=O) groups excluding carboxylic acids is 1. The molecule has 2 heterocycles. The topological polar surface area (TPSA) is 75.7 Å². The van der Waals surface area contributed by atoms with E-state index in [0.717, 1.165) is 28.5 Å². The number of likely N-dealkylation sites (tertiary alicyclic amines) is 1. The Morgan fingerprint density at radius 2 is 2.00 bits per heavy atom. The molecule has 4 rings (SSSR count). The summed E-state index contributed by atoms with van der Waals surface area (Å²) in [7, 11) is 0. The average Bonchev–Trinajstić information content (AvgIpc) is 3.45. The fourth-order valence-corrected chi connectivity index (χ4v) is 4.30. The van der Waals surface area contributed by atoms with Gasteiger partial charge in [0.1, 0.15) is 11.2 Å². The van der Waals surface area contributed by atoms with Crippen molar-refractivity contribution >= 4 is 17.1 Å². The van der Waals surface area contributed by atoms with Crippen LogP contribution in [0.3, 0.4) is 0 Å². The van der Waals surface area contributed by atoms with E-state index in [9.17, 15) is 10.1 Å². The quantitative estimate of drug-likeness (QED) is 0.464. The Bertz CT molecular complexity index is 1140. The smallest absolute Gasteiger partial charge is 0.410 e. The van der Waals surface area contributed by atoms with Crippen LogP contribution in [0.1, 0.15) is 56.4 Å². The van der Waals surface area contributed by atoms with E-state index in [-0.39, 0.29) is 18.3 Å². The monoisotopic (exact) mass is 446 g/mol. The van der Waals surface area contributed by atoms with Gasteiger partial charge in [-0.3, -0.25) is 0 Å². The number of ether oxygens (including phenoxy) is 2. The molecule has 172 valence electrons. The summed E-state index contributed by atoms with van der Waals surface area (Å²) < 4.78 is 17.6. The summed E-state index contributed by atoms with van der Waals surface area (Å²) in [4.78, 5) is 14.2. The van der Waals surface area contributed by atoms with Gasteiger partial charge in [0.05, 0.1) is 36.6 Å². The Morgan fingerprint density at radius 1 is 1.21 bits per heavy atom. The van der Waals surface area contributed by atoms with Gasteiger partial charge in [-0.2, -0.15) is 5.26 Å². The first-order chi connectivity index (χ1) is 15.8. The van der Waals surface area contributed by atoms with Crippen molar-refractivity contribution in [2.75, 3.05) is 13.1 Å². The van der Waals surface area contributed by atoms with E-state index in [1.165, 1.54) is 0 Å². The molecule has 1 unspecified atom stereocenters. The van der Waals surface area contributed by atoms with E-state index < -0.39 is 5.60 Å². The van der Waals surface area contributed by atoms with Crippen LogP contribution in [0.25, 0.3) is 11.0 Å². The summed E-state index contributed by atoms with van der Waals surface area (Å²) >= 11 is 0. The van der Waals surface area contributed by atoms with Crippen LogP contribution in [0.2, 0.25) is 0 Å². The van der Waals surface area contributed by atoms with E-state index in [1.807, 2.05) is 57.2 Å². The number of aryl methyl sites for hydroxylation is 1. The van der Waals surface area contributed by atoms with Crippen LogP contribution in [0.15, 0.2) is 59.2 Å². The number of nitriles is 1. The molecule has 1 aliphatic rings. The van der Waals surface area contributed by atoms with Crippen LogP contribution < -0.4 is 0 Å². The second-order valence-electron chi connectivity index (χ2n) is 9.45. The molecule has 1 saturated heterocycles. The maximum Gasteiger partial charge on any atom is 0.410 e. The number of nitrogens with zero attached hydrogens (tertiary/aromatic N) is 2. The molecular formula is C27H30N2O4. The molecule has 2 atom stereocenters. The Labute approximate surface area is 194 Å². The third kappa shape index (κ3) is 5.55. The largest absolute Gasteiger partial charge is 0.464 e. The minimum Gasteiger partial charge on any atom is -0.464 e. The lowest BCUT2D eigenvalue weighted by Crippen LogP contribution is -2.36. The maximum absolute atomic E-state index is 12.5. The number of amides is 1. The Kier molecular flexibility index (Phi) is 6.71. The van der Waals surface area contributed by atoms with Gasteiger partial charge in [-0.15, -0.1) is 0 Å². The summed E-state index contributed by atoms with van der Waals surface area (Å²) in [5.74, 6) is 0. The first-order valence-corrected chi connectivity index (χ1v) is 11.4. The van der Waals surface area contributed by atoms with Gasteiger partial charge in [-0.1, -0.05) is 30.3 Å². The van der Waals surface area contributed by atoms with E-state index in [2.05, 4.69) is 18.2 Å². The van der Waals surface area contributed by atoms with Crippen molar-refractivity contribution in [2.45, 2.75) is 57.8 Å². The summed E-state index contributed by atoms with van der Waals surface area (Å²) in [6.07, 6.45) is 3.31. The van der Waals surface area contributed by atoms with Crippen LogP contribution >= 0.6 is 0 Å². The molecule has 0 N–H and O–H groups in total. The van der Waals surface area contributed by atoms with Crippen molar-refractivity contribution in [3.8, 4) is 6.07 Å². The highest BCUT2D eigenvalue weighted by Gasteiger charge is 2.32. The van der Waals surface area contributed by atoms with Gasteiger partial charge in [0, 0.05) is 11.9 Å². The van der Waals surface area contributed by atoms with Crippen LogP contribution in [-0.4, -0.2) is 35.8 Å². The Morgan fingerprint density at radius 3 is 2.73 bits per heavy atom. The number of carbonyl (C=O) groups is 1. The van der Waals surface area contributed by atoms with Crippen molar-refractivity contribution < 1.29 is 18.7 Å². The Hall–Kier alpha value is -3.30. The van der Waals surface area contributed by atoms with Crippen LogP contribution in [0.5, 0.6) is 0 Å². The molecule has 0 radical (unpaired) electrons. The molecule has 0 bridgehead atoms. The van der Waals surface area contributed by atoms with Gasteiger partial charge in [-0.25, -0.2) is 4.79 Å². The van der Waals surface area contributed by atoms with Gasteiger partial charge < -0.3 is 18.8 Å². The number of benzene rings is 2. The third-order valence-electron chi connectivity index (χ3n) is 5.85. The van der Waals surface area contributed by atoms with Gasteiger partial charge >= 0.3 is 6.09 Å². The predicted molar refractivity (Wildman–Crippen MR) is 126 cm³/mol. The zero-order valence-electron chi connectivity index (χ0n) is 19.4. The van der Waals surface area contributed by atoms with E-state index >= 15 is 0 Å². The first kappa shape index (κ1) is 22.9. The molecule has 1 amide bonds. The molecule has 2 aromatic carbocycles. The minimum absolute atomic E-state index is 0.0668. The second-order valence-corrected chi connectivity index (χ2v) is 9.45. The van der Waals surface area contributed by atoms with Crippen molar-refractivity contribution in [3.05, 3.63) is 71.5 Å². The predicted octanol–water partition coefficient (Wildman–Crippen LogP) is 6.00.